The first-order chi connectivity index (χ1) is 29.7. The number of anilines is 1. The number of carbonyl (C=O) groups is 3. The minimum absolute atomic E-state index is 0.124. The number of sulfonamides is 1. The van der Waals surface area contributed by atoms with E-state index >= 15 is 0 Å². The molecule has 2 unspecified atom stereocenters. The first-order valence-corrected chi connectivity index (χ1v) is 23.3. The molecule has 0 saturated carbocycles. The average molecular weight is 920 g/mol. The Morgan fingerprint density at radius 2 is 1.60 bits per heavy atom. The van der Waals surface area contributed by atoms with Crippen LogP contribution < -0.4 is 15.2 Å². The highest BCUT2D eigenvalue weighted by Gasteiger charge is 2.38. The van der Waals surface area contributed by atoms with E-state index in [0.717, 1.165) is 47.9 Å². The number of aliphatic hydroxyl groups excluding tert-OH is 1. The molecular formula is C46H49Cl3N6O6S. The normalized spacial score (nSPS) is 16.5. The molecule has 2 aliphatic rings. The van der Waals surface area contributed by atoms with Gasteiger partial charge in [0.15, 0.2) is 0 Å². The Balaban J connectivity index is 1.23. The second-order valence-corrected chi connectivity index (χ2v) is 18.6. The molecule has 0 saturated heterocycles. The molecule has 2 aliphatic heterocycles. The van der Waals surface area contributed by atoms with Gasteiger partial charge in [-0.05, 0) is 97.5 Å². The van der Waals surface area contributed by atoms with Crippen molar-refractivity contribution in [2.75, 3.05) is 24.7 Å². The lowest BCUT2D eigenvalue weighted by Gasteiger charge is -2.36. The first kappa shape index (κ1) is 45.1. The number of amides is 3. The molecule has 3 amide bonds. The number of aromatic nitrogens is 1. The van der Waals surface area contributed by atoms with E-state index in [4.69, 9.17) is 34.8 Å². The van der Waals surface area contributed by atoms with E-state index in [1.807, 2.05) is 48.0 Å². The Labute approximate surface area is 377 Å². The molecule has 5 aromatic rings. The Hall–Kier alpha value is -4.89. The van der Waals surface area contributed by atoms with E-state index in [1.54, 1.807) is 35.2 Å². The molecule has 2 atom stereocenters. The average Bonchev–Trinajstić information content (AvgIpc) is 3.81. The summed E-state index contributed by atoms with van der Waals surface area (Å²) in [6, 6.07) is 22.6. The number of benzene rings is 4. The summed E-state index contributed by atoms with van der Waals surface area (Å²) < 4.78 is 32.0. The maximum Gasteiger partial charge on any atom is 0.273 e. The molecule has 12 nitrogen and oxygen atoms in total. The zero-order valence-electron chi connectivity index (χ0n) is 34.7. The molecule has 0 fully saturated rings. The van der Waals surface area contributed by atoms with Crippen molar-refractivity contribution in [1.82, 2.24) is 24.5 Å². The predicted octanol–water partition coefficient (Wildman–Crippen LogP) is 8.27. The van der Waals surface area contributed by atoms with Gasteiger partial charge in [0.2, 0.25) is 0 Å². The van der Waals surface area contributed by atoms with Gasteiger partial charge in [-0.1, -0.05) is 91.8 Å². The zero-order chi connectivity index (χ0) is 44.3. The second-order valence-electron chi connectivity index (χ2n) is 15.7. The van der Waals surface area contributed by atoms with Crippen LogP contribution in [0.2, 0.25) is 10.0 Å². The van der Waals surface area contributed by atoms with Gasteiger partial charge in [-0.25, -0.2) is 18.6 Å². The Morgan fingerprint density at radius 3 is 2.29 bits per heavy atom. The summed E-state index contributed by atoms with van der Waals surface area (Å²) in [7, 11) is -4.47. The lowest BCUT2D eigenvalue weighted by Crippen LogP contribution is -2.47. The summed E-state index contributed by atoms with van der Waals surface area (Å²) in [6.45, 7) is 7.27. The van der Waals surface area contributed by atoms with Gasteiger partial charge < -0.3 is 19.5 Å². The van der Waals surface area contributed by atoms with Crippen LogP contribution in [0.15, 0.2) is 107 Å². The quantitative estimate of drug-likeness (QED) is 0.0953. The van der Waals surface area contributed by atoms with Crippen molar-refractivity contribution in [3.8, 4) is 0 Å². The number of hydrogen-bond acceptors (Lipinski definition) is 8. The highest BCUT2D eigenvalue weighted by atomic mass is 35.5. The third-order valence-corrected chi connectivity index (χ3v) is 14.0. The van der Waals surface area contributed by atoms with Crippen LogP contribution >= 0.6 is 34.8 Å². The van der Waals surface area contributed by atoms with Gasteiger partial charge >= 0.3 is 0 Å². The number of unbranched alkanes of at least 4 members (excludes halogenated alkanes) is 2. The maximum atomic E-state index is 14.8. The van der Waals surface area contributed by atoms with Crippen LogP contribution in [0.4, 0.5) is 5.69 Å². The van der Waals surface area contributed by atoms with E-state index < -0.39 is 33.9 Å². The fraction of sp³-hybridized carbons (Fsp3) is 0.326. The van der Waals surface area contributed by atoms with Crippen molar-refractivity contribution < 1.29 is 27.9 Å². The summed E-state index contributed by atoms with van der Waals surface area (Å²) in [6.07, 6.45) is 5.60. The standard InChI is InChI=1S/C46H49Cl3N6O6S/c1-4-6-19-52(20-7-5-2)46(59)43-42(49)29(3)50-55(43)34-13-15-37(38(25-34)45(58)54-27-33-11-9-8-10-31(33)23-35(54)28-56)44(57)51-62(60,61)36-14-17-41-32(24-36)18-21-53(41)26-30-12-16-39(47)40(48)22-30/h8-18,21-22,24-25,29,35,50,56H,4-7,19-20,23,26-28H2,1-3H3,(H,51,57). The number of nitrogens with one attached hydrogen (secondary N) is 2. The first-order valence-electron chi connectivity index (χ1n) is 20.7. The van der Waals surface area contributed by atoms with Crippen LogP contribution in [0, 0.1) is 0 Å². The summed E-state index contributed by atoms with van der Waals surface area (Å²) in [5.74, 6) is -1.91. The fourth-order valence-electron chi connectivity index (χ4n) is 7.93. The van der Waals surface area contributed by atoms with Crippen LogP contribution in [-0.2, 0) is 34.3 Å². The number of hydrazine groups is 1. The number of nitrogens with zero attached hydrogens (tertiary/aromatic N) is 4. The number of hydrogen-bond donors (Lipinski definition) is 3. The van der Waals surface area contributed by atoms with Gasteiger partial charge in [-0.15, -0.1) is 0 Å². The molecule has 62 heavy (non-hydrogen) atoms. The fourth-order valence-corrected chi connectivity index (χ4v) is 9.47. The largest absolute Gasteiger partial charge is 0.394 e. The van der Waals surface area contributed by atoms with Crippen molar-refractivity contribution in [2.24, 2.45) is 0 Å². The van der Waals surface area contributed by atoms with Crippen molar-refractivity contribution >= 4 is 79.1 Å². The lowest BCUT2D eigenvalue weighted by atomic mass is 9.93. The minimum Gasteiger partial charge on any atom is -0.394 e. The van der Waals surface area contributed by atoms with Crippen molar-refractivity contribution in [3.05, 3.63) is 140 Å². The topological polar surface area (TPSA) is 144 Å². The van der Waals surface area contributed by atoms with Crippen LogP contribution in [-0.4, -0.2) is 77.4 Å². The zero-order valence-corrected chi connectivity index (χ0v) is 37.8. The van der Waals surface area contributed by atoms with E-state index in [2.05, 4.69) is 24.0 Å². The van der Waals surface area contributed by atoms with Gasteiger partial charge in [0, 0.05) is 43.3 Å². The van der Waals surface area contributed by atoms with Crippen molar-refractivity contribution in [3.63, 3.8) is 0 Å². The number of aliphatic hydroxyl groups is 1. The molecule has 0 spiro atoms. The molecule has 326 valence electrons. The van der Waals surface area contributed by atoms with Crippen LogP contribution in [0.25, 0.3) is 10.9 Å². The molecule has 7 rings (SSSR count). The lowest BCUT2D eigenvalue weighted by molar-refractivity contribution is -0.127. The monoisotopic (exact) mass is 918 g/mol. The predicted molar refractivity (Wildman–Crippen MR) is 244 cm³/mol. The van der Waals surface area contributed by atoms with Gasteiger partial charge in [0.25, 0.3) is 27.7 Å². The van der Waals surface area contributed by atoms with Crippen molar-refractivity contribution in [1.29, 1.82) is 0 Å². The van der Waals surface area contributed by atoms with Gasteiger partial charge in [0.1, 0.15) is 5.70 Å². The van der Waals surface area contributed by atoms with Crippen molar-refractivity contribution in [2.45, 2.75) is 82.9 Å². The highest BCUT2D eigenvalue weighted by Crippen LogP contribution is 2.34. The smallest absolute Gasteiger partial charge is 0.273 e. The number of carbonyl (C=O) groups excluding carboxylic acids is 3. The molecule has 16 heteroatoms. The number of fused-ring (bicyclic) bond motifs is 2. The van der Waals surface area contributed by atoms with Gasteiger partial charge in [0.05, 0.1) is 55.5 Å². The molecule has 3 heterocycles. The third kappa shape index (κ3) is 9.39. The van der Waals surface area contributed by atoms with Crippen LogP contribution in [0.5, 0.6) is 0 Å². The SMILES string of the molecule is CCCCN(CCCC)C(=O)C1=C(Cl)C(C)NN1c1ccc(C(=O)NS(=O)(=O)c2ccc3c(ccn3Cc3ccc(Cl)c(Cl)c3)c2)c(C(=O)N2Cc3ccccc3CC2CO)c1. The number of halogens is 3. The second kappa shape index (κ2) is 19.2. The van der Waals surface area contributed by atoms with Gasteiger partial charge in [-0.2, -0.15) is 0 Å². The molecule has 0 bridgehead atoms. The molecule has 0 radical (unpaired) electrons. The molecular weight excluding hydrogens is 871 g/mol. The van der Waals surface area contributed by atoms with Crippen LogP contribution in [0.3, 0.4) is 0 Å². The minimum atomic E-state index is -4.47. The Kier molecular flexibility index (Phi) is 14.0. The molecule has 0 aliphatic carbocycles. The molecule has 4 aromatic carbocycles. The summed E-state index contributed by atoms with van der Waals surface area (Å²) in [5.41, 5.74) is 6.96. The molecule has 1 aromatic heterocycles. The van der Waals surface area contributed by atoms with E-state index in [-0.39, 0.29) is 40.8 Å². The Bertz CT molecular complexity index is 2660. The maximum absolute atomic E-state index is 14.8. The van der Waals surface area contributed by atoms with Crippen LogP contribution in [0.1, 0.15) is 83.9 Å². The summed E-state index contributed by atoms with van der Waals surface area (Å²) >= 11 is 19.2. The number of rotatable bonds is 15. The summed E-state index contributed by atoms with van der Waals surface area (Å²) in [5, 5.41) is 13.8. The highest BCUT2D eigenvalue weighted by molar-refractivity contribution is 7.90. The van der Waals surface area contributed by atoms with E-state index in [1.165, 1.54) is 34.2 Å². The Morgan fingerprint density at radius 1 is 0.871 bits per heavy atom. The van der Waals surface area contributed by atoms with Gasteiger partial charge in [-0.3, -0.25) is 19.4 Å². The molecule has 3 N–H and O–H groups in total. The van der Waals surface area contributed by atoms with E-state index in [9.17, 15) is 27.9 Å². The van der Waals surface area contributed by atoms with E-state index in [0.29, 0.717) is 52.2 Å². The third-order valence-electron chi connectivity index (χ3n) is 11.4. The summed E-state index contributed by atoms with van der Waals surface area (Å²) in [4.78, 5) is 46.5.